The number of benzene rings is 2. The van der Waals surface area contributed by atoms with E-state index in [9.17, 15) is 9.59 Å². The van der Waals surface area contributed by atoms with Gasteiger partial charge in [-0.1, -0.05) is 12.1 Å². The van der Waals surface area contributed by atoms with Crippen LogP contribution in [0.4, 0.5) is 5.69 Å². The van der Waals surface area contributed by atoms with E-state index >= 15 is 0 Å². The van der Waals surface area contributed by atoms with Crippen molar-refractivity contribution in [3.05, 3.63) is 48.4 Å². The number of oxazole rings is 1. The van der Waals surface area contributed by atoms with E-state index in [1.54, 1.807) is 24.3 Å². The van der Waals surface area contributed by atoms with Gasteiger partial charge in [0.15, 0.2) is 18.1 Å². The van der Waals surface area contributed by atoms with Gasteiger partial charge in [0.05, 0.1) is 26.3 Å². The zero-order valence-corrected chi connectivity index (χ0v) is 15.6. The standard InChI is InChI=1S/C20H20N2O6/c1-25-13-7-8-16(26-2)15(11-13)21-18(23)12-27-20(24)10-9-19-22-14-5-3-4-6-17(14)28-19/h3-8,11H,9-10,12H2,1-2H3,(H,21,23). The number of hydrogen-bond donors (Lipinski definition) is 1. The van der Waals surface area contributed by atoms with Crippen LogP contribution >= 0.6 is 0 Å². The largest absolute Gasteiger partial charge is 0.497 e. The fourth-order valence-corrected chi connectivity index (χ4v) is 2.55. The Balaban J connectivity index is 1.48. The number of hydrogen-bond acceptors (Lipinski definition) is 7. The van der Waals surface area contributed by atoms with E-state index in [-0.39, 0.29) is 6.42 Å². The summed E-state index contributed by atoms with van der Waals surface area (Å²) >= 11 is 0. The molecule has 8 heteroatoms. The lowest BCUT2D eigenvalue weighted by Crippen LogP contribution is -2.21. The molecule has 0 aliphatic carbocycles. The SMILES string of the molecule is COc1ccc(OC)c(NC(=O)COC(=O)CCc2nc3ccccc3o2)c1. The predicted molar refractivity (Wildman–Crippen MR) is 101 cm³/mol. The summed E-state index contributed by atoms with van der Waals surface area (Å²) in [5, 5.41) is 2.63. The average molecular weight is 384 g/mol. The first-order valence-corrected chi connectivity index (χ1v) is 8.61. The molecular weight excluding hydrogens is 364 g/mol. The Bertz CT molecular complexity index is 949. The van der Waals surface area contributed by atoms with Crippen LogP contribution in [0.5, 0.6) is 11.5 Å². The monoisotopic (exact) mass is 384 g/mol. The summed E-state index contributed by atoms with van der Waals surface area (Å²) in [5.41, 5.74) is 1.82. The highest BCUT2D eigenvalue weighted by molar-refractivity contribution is 5.94. The van der Waals surface area contributed by atoms with Gasteiger partial charge in [-0.05, 0) is 24.3 Å². The number of nitrogens with zero attached hydrogens (tertiary/aromatic N) is 1. The lowest BCUT2D eigenvalue weighted by Gasteiger charge is -2.11. The molecule has 0 aliphatic rings. The van der Waals surface area contributed by atoms with Crippen molar-refractivity contribution in [1.82, 2.24) is 4.98 Å². The van der Waals surface area contributed by atoms with Crippen molar-refractivity contribution in [2.75, 3.05) is 26.1 Å². The van der Waals surface area contributed by atoms with E-state index in [4.69, 9.17) is 18.6 Å². The summed E-state index contributed by atoms with van der Waals surface area (Å²) in [6.45, 7) is -0.410. The van der Waals surface area contributed by atoms with E-state index in [0.29, 0.717) is 35.1 Å². The molecule has 0 radical (unpaired) electrons. The zero-order valence-electron chi connectivity index (χ0n) is 15.6. The number of amides is 1. The van der Waals surface area contributed by atoms with Gasteiger partial charge in [-0.3, -0.25) is 9.59 Å². The Kier molecular flexibility index (Phi) is 6.11. The van der Waals surface area contributed by atoms with Crippen LogP contribution in [0.25, 0.3) is 11.1 Å². The van der Waals surface area contributed by atoms with Gasteiger partial charge in [0, 0.05) is 12.5 Å². The van der Waals surface area contributed by atoms with Gasteiger partial charge in [-0.25, -0.2) is 4.98 Å². The molecule has 1 N–H and O–H groups in total. The third-order valence-corrected chi connectivity index (χ3v) is 3.93. The third kappa shape index (κ3) is 4.79. The number of fused-ring (bicyclic) bond motifs is 1. The van der Waals surface area contributed by atoms with Crippen molar-refractivity contribution in [1.29, 1.82) is 0 Å². The minimum absolute atomic E-state index is 0.0581. The predicted octanol–water partition coefficient (Wildman–Crippen LogP) is 2.96. The number of rotatable bonds is 8. The summed E-state index contributed by atoms with van der Waals surface area (Å²) in [6.07, 6.45) is 0.349. The van der Waals surface area contributed by atoms with Gasteiger partial charge in [0.25, 0.3) is 5.91 Å². The number of ether oxygens (including phenoxy) is 3. The summed E-state index contributed by atoms with van der Waals surface area (Å²) in [5.74, 6) is 0.475. The lowest BCUT2D eigenvalue weighted by atomic mass is 10.2. The van der Waals surface area contributed by atoms with Crippen LogP contribution in [-0.2, 0) is 20.7 Å². The van der Waals surface area contributed by atoms with Gasteiger partial charge in [-0.2, -0.15) is 0 Å². The molecule has 1 heterocycles. The van der Waals surface area contributed by atoms with Gasteiger partial charge in [0.1, 0.15) is 17.0 Å². The molecule has 0 saturated carbocycles. The molecule has 1 amide bonds. The second-order valence-electron chi connectivity index (χ2n) is 5.85. The molecule has 0 saturated heterocycles. The fourth-order valence-electron chi connectivity index (χ4n) is 2.55. The molecule has 28 heavy (non-hydrogen) atoms. The average Bonchev–Trinajstić information content (AvgIpc) is 3.13. The molecule has 2 aromatic carbocycles. The zero-order chi connectivity index (χ0) is 19.9. The van der Waals surface area contributed by atoms with Crippen LogP contribution in [0.1, 0.15) is 12.3 Å². The van der Waals surface area contributed by atoms with Crippen molar-refractivity contribution in [3.63, 3.8) is 0 Å². The minimum atomic E-state index is -0.519. The van der Waals surface area contributed by atoms with E-state index in [1.165, 1.54) is 14.2 Å². The number of carbonyl (C=O) groups is 2. The highest BCUT2D eigenvalue weighted by Crippen LogP contribution is 2.28. The van der Waals surface area contributed by atoms with E-state index in [0.717, 1.165) is 5.52 Å². The summed E-state index contributed by atoms with van der Waals surface area (Å²) in [7, 11) is 3.01. The molecule has 3 rings (SSSR count). The second-order valence-corrected chi connectivity index (χ2v) is 5.85. The molecule has 0 fully saturated rings. The Morgan fingerprint density at radius 2 is 1.93 bits per heavy atom. The van der Waals surface area contributed by atoms with Crippen molar-refractivity contribution in [2.24, 2.45) is 0 Å². The Morgan fingerprint density at radius 3 is 2.68 bits per heavy atom. The van der Waals surface area contributed by atoms with Gasteiger partial charge < -0.3 is 23.9 Å². The molecule has 146 valence electrons. The van der Waals surface area contributed by atoms with Crippen LogP contribution in [0.2, 0.25) is 0 Å². The van der Waals surface area contributed by atoms with Crippen LogP contribution in [0, 0.1) is 0 Å². The quantitative estimate of drug-likeness (QED) is 0.596. The number of nitrogens with one attached hydrogen (secondary N) is 1. The number of methoxy groups -OCH3 is 2. The Labute approximate surface area is 161 Å². The first-order valence-electron chi connectivity index (χ1n) is 8.61. The summed E-state index contributed by atoms with van der Waals surface area (Å²) < 4.78 is 20.9. The Morgan fingerprint density at radius 1 is 1.11 bits per heavy atom. The maximum Gasteiger partial charge on any atom is 0.306 e. The molecule has 8 nitrogen and oxygen atoms in total. The molecular formula is C20H20N2O6. The summed E-state index contributed by atoms with van der Waals surface area (Å²) in [4.78, 5) is 28.2. The molecule has 0 aliphatic heterocycles. The van der Waals surface area contributed by atoms with Gasteiger partial charge >= 0.3 is 5.97 Å². The topological polar surface area (TPSA) is 99.9 Å². The molecule has 1 aromatic heterocycles. The molecule has 3 aromatic rings. The molecule has 0 atom stereocenters. The fraction of sp³-hybridized carbons (Fsp3) is 0.250. The number of esters is 1. The van der Waals surface area contributed by atoms with E-state index < -0.39 is 18.5 Å². The smallest absolute Gasteiger partial charge is 0.306 e. The second kappa shape index (κ2) is 8.90. The van der Waals surface area contributed by atoms with Gasteiger partial charge in [-0.15, -0.1) is 0 Å². The van der Waals surface area contributed by atoms with Crippen molar-refractivity contribution in [3.8, 4) is 11.5 Å². The van der Waals surface area contributed by atoms with Crippen LogP contribution in [0.15, 0.2) is 46.9 Å². The van der Waals surface area contributed by atoms with Crippen molar-refractivity contribution in [2.45, 2.75) is 12.8 Å². The van der Waals surface area contributed by atoms with Crippen molar-refractivity contribution < 1.29 is 28.2 Å². The molecule has 0 unspecified atom stereocenters. The van der Waals surface area contributed by atoms with Crippen LogP contribution < -0.4 is 14.8 Å². The first kappa shape index (κ1) is 19.2. The van der Waals surface area contributed by atoms with Crippen LogP contribution in [0.3, 0.4) is 0 Å². The maximum atomic E-state index is 12.1. The number of aromatic nitrogens is 1. The number of para-hydroxylation sites is 2. The minimum Gasteiger partial charge on any atom is -0.497 e. The number of anilines is 1. The highest BCUT2D eigenvalue weighted by Gasteiger charge is 2.13. The molecule has 0 bridgehead atoms. The van der Waals surface area contributed by atoms with Gasteiger partial charge in [0.2, 0.25) is 0 Å². The number of aryl methyl sites for hydroxylation is 1. The maximum absolute atomic E-state index is 12.1. The van der Waals surface area contributed by atoms with E-state index in [2.05, 4.69) is 10.3 Å². The number of carbonyl (C=O) groups excluding carboxylic acids is 2. The third-order valence-electron chi connectivity index (χ3n) is 3.93. The van der Waals surface area contributed by atoms with Crippen molar-refractivity contribution >= 4 is 28.7 Å². The summed E-state index contributed by atoms with van der Waals surface area (Å²) in [6, 6.07) is 12.3. The first-order chi connectivity index (χ1) is 13.6. The normalized spacial score (nSPS) is 10.5. The van der Waals surface area contributed by atoms with Crippen LogP contribution in [-0.4, -0.2) is 37.7 Å². The highest BCUT2D eigenvalue weighted by atomic mass is 16.5. The lowest BCUT2D eigenvalue weighted by molar-refractivity contribution is -0.147. The van der Waals surface area contributed by atoms with E-state index in [1.807, 2.05) is 18.2 Å². The molecule has 0 spiro atoms. The Hall–Kier alpha value is -3.55.